The number of nitrogens with two attached hydrogens (primary N) is 1. The van der Waals surface area contributed by atoms with Crippen LogP contribution in [-0.2, 0) is 10.0 Å². The van der Waals surface area contributed by atoms with Crippen molar-refractivity contribution in [3.8, 4) is 12.3 Å². The third-order valence-electron chi connectivity index (χ3n) is 2.44. The maximum atomic E-state index is 12.0. The molecule has 0 aromatic heterocycles. The zero-order chi connectivity index (χ0) is 13.9. The number of primary sulfonamides is 1. The molecule has 0 aliphatic heterocycles. The smallest absolute Gasteiger partial charge is 0.254 e. The second-order valence-corrected chi connectivity index (χ2v) is 5.45. The molecule has 0 spiro atoms. The summed E-state index contributed by atoms with van der Waals surface area (Å²) in [5.74, 6) is 2.01. The minimum atomic E-state index is -3.82. The average molecular weight is 266 g/mol. The van der Waals surface area contributed by atoms with Crippen LogP contribution in [0.15, 0.2) is 23.1 Å². The maximum absolute atomic E-state index is 12.0. The van der Waals surface area contributed by atoms with Crippen molar-refractivity contribution in [2.75, 3.05) is 13.6 Å². The Morgan fingerprint density at radius 3 is 2.61 bits per heavy atom. The predicted molar refractivity (Wildman–Crippen MR) is 68.3 cm³/mol. The normalized spacial score (nSPS) is 10.8. The van der Waals surface area contributed by atoms with E-state index in [-0.39, 0.29) is 22.9 Å². The van der Waals surface area contributed by atoms with Gasteiger partial charge in [-0.2, -0.15) is 0 Å². The van der Waals surface area contributed by atoms with Gasteiger partial charge in [0.2, 0.25) is 10.0 Å². The Balaban J connectivity index is 3.25. The number of amides is 1. The highest BCUT2D eigenvalue weighted by Gasteiger charge is 2.17. The van der Waals surface area contributed by atoms with Gasteiger partial charge in [-0.25, -0.2) is 13.6 Å². The Hall–Kier alpha value is -1.84. The van der Waals surface area contributed by atoms with E-state index in [1.54, 1.807) is 14.0 Å². The molecular formula is C12H14N2O3S. The van der Waals surface area contributed by atoms with Crippen LogP contribution in [-0.4, -0.2) is 32.8 Å². The molecule has 0 radical (unpaired) electrons. The zero-order valence-corrected chi connectivity index (χ0v) is 11.0. The molecule has 0 fully saturated rings. The monoisotopic (exact) mass is 266 g/mol. The summed E-state index contributed by atoms with van der Waals surface area (Å²) in [6, 6.07) is 4.17. The fourth-order valence-corrected chi connectivity index (χ4v) is 1.96. The van der Waals surface area contributed by atoms with Gasteiger partial charge in [-0.05, 0) is 24.6 Å². The first kappa shape index (κ1) is 14.2. The van der Waals surface area contributed by atoms with Crippen molar-refractivity contribution in [2.24, 2.45) is 5.14 Å². The quantitative estimate of drug-likeness (QED) is 0.801. The summed E-state index contributed by atoms with van der Waals surface area (Å²) in [6.07, 6.45) is 5.12. The Morgan fingerprint density at radius 1 is 1.50 bits per heavy atom. The second-order valence-electron chi connectivity index (χ2n) is 3.89. The molecule has 0 aliphatic carbocycles. The molecule has 1 rings (SSSR count). The highest BCUT2D eigenvalue weighted by molar-refractivity contribution is 7.89. The van der Waals surface area contributed by atoms with Crippen molar-refractivity contribution in [3.05, 3.63) is 29.3 Å². The summed E-state index contributed by atoms with van der Waals surface area (Å²) in [4.78, 5) is 13.3. The lowest BCUT2D eigenvalue weighted by molar-refractivity contribution is 0.0811. The van der Waals surface area contributed by atoms with Crippen molar-refractivity contribution in [1.82, 2.24) is 4.90 Å². The molecule has 0 atom stereocenters. The molecule has 0 bridgehead atoms. The summed E-state index contributed by atoms with van der Waals surface area (Å²) in [5, 5.41) is 5.03. The summed E-state index contributed by atoms with van der Waals surface area (Å²) < 4.78 is 22.5. The average Bonchev–Trinajstić information content (AvgIpc) is 2.27. The molecule has 96 valence electrons. The molecule has 0 aliphatic rings. The molecule has 0 saturated heterocycles. The minimum absolute atomic E-state index is 0.0921. The molecular weight excluding hydrogens is 252 g/mol. The van der Waals surface area contributed by atoms with Gasteiger partial charge >= 0.3 is 0 Å². The Labute approximate surface area is 107 Å². The first-order chi connectivity index (χ1) is 8.27. The number of benzene rings is 1. The molecule has 0 unspecified atom stereocenters. The fraction of sp³-hybridized carbons (Fsp3) is 0.250. The molecule has 0 heterocycles. The highest BCUT2D eigenvalue weighted by Crippen LogP contribution is 2.16. The molecule has 1 amide bonds. The molecule has 1 aromatic rings. The van der Waals surface area contributed by atoms with Gasteiger partial charge < -0.3 is 4.90 Å². The Kier molecular flexibility index (Phi) is 4.11. The van der Waals surface area contributed by atoms with Crippen LogP contribution in [0.5, 0.6) is 0 Å². The van der Waals surface area contributed by atoms with Gasteiger partial charge in [0.05, 0.1) is 11.4 Å². The maximum Gasteiger partial charge on any atom is 0.254 e. The van der Waals surface area contributed by atoms with E-state index in [9.17, 15) is 13.2 Å². The number of carbonyl (C=O) groups excluding carboxylic acids is 1. The zero-order valence-electron chi connectivity index (χ0n) is 10.2. The third kappa shape index (κ3) is 3.09. The predicted octanol–water partition coefficient (Wildman–Crippen LogP) is 0.348. The SMILES string of the molecule is C#CCN(C)C(=O)c1cc(S(N)(=O)=O)ccc1C. The van der Waals surface area contributed by atoms with E-state index < -0.39 is 10.0 Å². The van der Waals surface area contributed by atoms with Crippen molar-refractivity contribution in [2.45, 2.75) is 11.8 Å². The van der Waals surface area contributed by atoms with Crippen LogP contribution in [0.25, 0.3) is 0 Å². The topological polar surface area (TPSA) is 80.5 Å². The Bertz CT molecular complexity index is 615. The van der Waals surface area contributed by atoms with Crippen LogP contribution in [0.4, 0.5) is 0 Å². The van der Waals surface area contributed by atoms with Crippen molar-refractivity contribution >= 4 is 15.9 Å². The molecule has 5 nitrogen and oxygen atoms in total. The van der Waals surface area contributed by atoms with E-state index in [4.69, 9.17) is 11.6 Å². The highest BCUT2D eigenvalue weighted by atomic mass is 32.2. The number of nitrogens with zero attached hydrogens (tertiary/aromatic N) is 1. The number of hydrogen-bond acceptors (Lipinski definition) is 3. The number of carbonyl (C=O) groups is 1. The van der Waals surface area contributed by atoms with Crippen LogP contribution in [0.1, 0.15) is 15.9 Å². The lowest BCUT2D eigenvalue weighted by atomic mass is 10.1. The lowest BCUT2D eigenvalue weighted by Gasteiger charge is -2.15. The van der Waals surface area contributed by atoms with Crippen LogP contribution < -0.4 is 5.14 Å². The number of sulfonamides is 1. The van der Waals surface area contributed by atoms with E-state index in [0.29, 0.717) is 5.56 Å². The standard InChI is InChI=1S/C12H14N2O3S/c1-4-7-14(3)12(15)11-8-10(18(13,16)17)6-5-9(11)2/h1,5-6,8H,7H2,2-3H3,(H2,13,16,17). The summed E-state index contributed by atoms with van der Waals surface area (Å²) >= 11 is 0. The number of terminal acetylenes is 1. The van der Waals surface area contributed by atoms with Gasteiger partial charge in [-0.3, -0.25) is 4.79 Å². The van der Waals surface area contributed by atoms with Gasteiger partial charge in [0.25, 0.3) is 5.91 Å². The summed E-state index contributed by atoms with van der Waals surface area (Å²) in [6.45, 7) is 1.86. The van der Waals surface area contributed by atoms with Crippen molar-refractivity contribution < 1.29 is 13.2 Å². The molecule has 18 heavy (non-hydrogen) atoms. The van der Waals surface area contributed by atoms with Gasteiger partial charge in [-0.1, -0.05) is 12.0 Å². The van der Waals surface area contributed by atoms with Crippen LogP contribution in [0.2, 0.25) is 0 Å². The fourth-order valence-electron chi connectivity index (χ4n) is 1.42. The van der Waals surface area contributed by atoms with E-state index in [1.165, 1.54) is 23.1 Å². The largest absolute Gasteiger partial charge is 0.331 e. The van der Waals surface area contributed by atoms with Crippen molar-refractivity contribution in [3.63, 3.8) is 0 Å². The first-order valence-corrected chi connectivity index (χ1v) is 6.64. The third-order valence-corrected chi connectivity index (χ3v) is 3.35. The van der Waals surface area contributed by atoms with Crippen LogP contribution in [0.3, 0.4) is 0 Å². The lowest BCUT2D eigenvalue weighted by Crippen LogP contribution is -2.28. The molecule has 6 heteroatoms. The molecule has 2 N–H and O–H groups in total. The van der Waals surface area contributed by atoms with Gasteiger partial charge in [0.15, 0.2) is 0 Å². The van der Waals surface area contributed by atoms with Crippen LogP contribution in [0, 0.1) is 19.3 Å². The van der Waals surface area contributed by atoms with Gasteiger partial charge in [0, 0.05) is 12.6 Å². The minimum Gasteiger partial charge on any atom is -0.331 e. The number of rotatable bonds is 3. The van der Waals surface area contributed by atoms with Crippen molar-refractivity contribution in [1.29, 1.82) is 0 Å². The van der Waals surface area contributed by atoms with E-state index in [0.717, 1.165) is 0 Å². The number of hydrogen-bond donors (Lipinski definition) is 1. The van der Waals surface area contributed by atoms with E-state index >= 15 is 0 Å². The number of aryl methyl sites for hydroxylation is 1. The van der Waals surface area contributed by atoms with Crippen LogP contribution >= 0.6 is 0 Å². The van der Waals surface area contributed by atoms with Gasteiger partial charge in [0.1, 0.15) is 0 Å². The van der Waals surface area contributed by atoms with E-state index in [2.05, 4.69) is 5.92 Å². The summed E-state index contributed by atoms with van der Waals surface area (Å²) in [7, 11) is -2.28. The van der Waals surface area contributed by atoms with Gasteiger partial charge in [-0.15, -0.1) is 6.42 Å². The Morgan fingerprint density at radius 2 is 2.11 bits per heavy atom. The molecule has 0 saturated carbocycles. The summed E-state index contributed by atoms with van der Waals surface area (Å²) in [5.41, 5.74) is 0.940. The second kappa shape index (κ2) is 5.21. The first-order valence-electron chi connectivity index (χ1n) is 5.09. The molecule has 1 aromatic carbocycles. The van der Waals surface area contributed by atoms with E-state index in [1.807, 2.05) is 0 Å².